The van der Waals surface area contributed by atoms with E-state index in [2.05, 4.69) is 31.4 Å². The van der Waals surface area contributed by atoms with Crippen molar-refractivity contribution in [3.8, 4) is 0 Å². The fraction of sp³-hybridized carbons (Fsp3) is 0.636. The molecule has 27 heavy (non-hydrogen) atoms. The molecule has 0 aromatic heterocycles. The zero-order valence-electron chi connectivity index (χ0n) is 17.1. The van der Waals surface area contributed by atoms with Crippen molar-refractivity contribution in [2.24, 2.45) is 29.4 Å². The van der Waals surface area contributed by atoms with E-state index in [-0.39, 0.29) is 23.8 Å². The van der Waals surface area contributed by atoms with Crippen molar-refractivity contribution in [1.82, 2.24) is 10.6 Å². The number of carbonyl (C=O) groups excluding carboxylic acids is 2. The summed E-state index contributed by atoms with van der Waals surface area (Å²) in [5.74, 6) is 1.44. The lowest BCUT2D eigenvalue weighted by Gasteiger charge is -2.36. The van der Waals surface area contributed by atoms with Crippen LogP contribution in [0.4, 0.5) is 0 Å². The molecule has 2 unspecified atom stereocenters. The van der Waals surface area contributed by atoms with Gasteiger partial charge in [-0.25, -0.2) is 0 Å². The lowest BCUT2D eigenvalue weighted by atomic mass is 9.70. The van der Waals surface area contributed by atoms with E-state index in [9.17, 15) is 9.59 Å². The van der Waals surface area contributed by atoms with Crippen LogP contribution in [-0.4, -0.2) is 24.4 Å². The molecule has 0 spiro atoms. The van der Waals surface area contributed by atoms with E-state index in [0.29, 0.717) is 24.3 Å². The van der Waals surface area contributed by atoms with E-state index in [1.165, 1.54) is 6.42 Å². The van der Waals surface area contributed by atoms with Crippen LogP contribution in [0.5, 0.6) is 0 Å². The molecular weight excluding hydrogens is 338 g/mol. The summed E-state index contributed by atoms with van der Waals surface area (Å²) in [6.45, 7) is 8.67. The summed E-state index contributed by atoms with van der Waals surface area (Å²) in [6.07, 6.45) is 3.25. The third-order valence-corrected chi connectivity index (χ3v) is 5.77. The molecule has 1 aromatic carbocycles. The van der Waals surface area contributed by atoms with E-state index in [0.717, 1.165) is 18.4 Å². The Morgan fingerprint density at radius 1 is 1.15 bits per heavy atom. The van der Waals surface area contributed by atoms with Crippen molar-refractivity contribution < 1.29 is 9.59 Å². The van der Waals surface area contributed by atoms with E-state index < -0.39 is 6.04 Å². The highest BCUT2D eigenvalue weighted by atomic mass is 16.2. The molecule has 0 bridgehead atoms. The normalized spacial score (nSPS) is 24.9. The van der Waals surface area contributed by atoms with Crippen molar-refractivity contribution in [1.29, 1.82) is 0 Å². The van der Waals surface area contributed by atoms with Gasteiger partial charge < -0.3 is 16.4 Å². The molecule has 0 aliphatic heterocycles. The molecule has 4 N–H and O–H groups in total. The van der Waals surface area contributed by atoms with Crippen LogP contribution in [0.3, 0.4) is 0 Å². The second kappa shape index (κ2) is 9.88. The summed E-state index contributed by atoms with van der Waals surface area (Å²) >= 11 is 0. The standard InChI is InChI=1S/C22H35N3O2/c1-14(2)18-11-10-15(3)12-19(18)22(27)24-13-20(25-21(26)16(4)23)17-8-6-5-7-9-17/h5-9,14-16,18-20H,10-13,23H2,1-4H3,(H,24,27)(H,25,26)/t15?,16?,18-,19+,20-/m0/s1. The number of nitrogens with two attached hydrogens (primary N) is 1. The van der Waals surface area contributed by atoms with Crippen molar-refractivity contribution in [2.75, 3.05) is 6.54 Å². The molecule has 1 fully saturated rings. The number of benzene rings is 1. The second-order valence-electron chi connectivity index (χ2n) is 8.44. The summed E-state index contributed by atoms with van der Waals surface area (Å²) in [6, 6.07) is 8.84. The van der Waals surface area contributed by atoms with E-state index in [1.54, 1.807) is 6.92 Å². The largest absolute Gasteiger partial charge is 0.353 e. The smallest absolute Gasteiger partial charge is 0.237 e. The van der Waals surface area contributed by atoms with Gasteiger partial charge in [-0.15, -0.1) is 0 Å². The average molecular weight is 374 g/mol. The van der Waals surface area contributed by atoms with Crippen LogP contribution in [0.1, 0.15) is 58.6 Å². The fourth-order valence-electron chi connectivity index (χ4n) is 4.08. The van der Waals surface area contributed by atoms with Gasteiger partial charge in [0.05, 0.1) is 12.1 Å². The quantitative estimate of drug-likeness (QED) is 0.687. The predicted molar refractivity (Wildman–Crippen MR) is 109 cm³/mol. The molecule has 0 heterocycles. The van der Waals surface area contributed by atoms with Crippen LogP contribution in [0.15, 0.2) is 30.3 Å². The van der Waals surface area contributed by atoms with Crippen LogP contribution >= 0.6 is 0 Å². The molecule has 150 valence electrons. The minimum atomic E-state index is -0.587. The maximum absolute atomic E-state index is 13.0. The second-order valence-corrected chi connectivity index (χ2v) is 8.44. The molecular formula is C22H35N3O2. The molecule has 5 nitrogen and oxygen atoms in total. The van der Waals surface area contributed by atoms with Crippen molar-refractivity contribution in [3.63, 3.8) is 0 Å². The topological polar surface area (TPSA) is 84.2 Å². The van der Waals surface area contributed by atoms with Gasteiger partial charge in [0.25, 0.3) is 0 Å². The summed E-state index contributed by atoms with van der Waals surface area (Å²) < 4.78 is 0. The molecule has 0 saturated heterocycles. The minimum Gasteiger partial charge on any atom is -0.353 e. The Morgan fingerprint density at radius 2 is 1.81 bits per heavy atom. The molecule has 1 aliphatic rings. The molecule has 1 saturated carbocycles. The first-order valence-electron chi connectivity index (χ1n) is 10.2. The number of hydrogen-bond acceptors (Lipinski definition) is 3. The van der Waals surface area contributed by atoms with Crippen LogP contribution in [0, 0.1) is 23.7 Å². The third-order valence-electron chi connectivity index (χ3n) is 5.77. The van der Waals surface area contributed by atoms with Gasteiger partial charge in [-0.1, -0.05) is 57.5 Å². The molecule has 1 aliphatic carbocycles. The summed E-state index contributed by atoms with van der Waals surface area (Å²) in [5, 5.41) is 6.06. The Balaban J connectivity index is 2.06. The van der Waals surface area contributed by atoms with Gasteiger partial charge in [0.1, 0.15) is 0 Å². The molecule has 1 aromatic rings. The van der Waals surface area contributed by atoms with Gasteiger partial charge in [0.15, 0.2) is 0 Å². The Kier molecular flexibility index (Phi) is 7.84. The summed E-state index contributed by atoms with van der Waals surface area (Å²) in [5.41, 5.74) is 6.66. The number of rotatable bonds is 7. The number of amides is 2. The molecule has 0 radical (unpaired) electrons. The third kappa shape index (κ3) is 6.06. The SMILES string of the molecule is CC1CC[C@@H](C(C)C)[C@H](C(=O)NC[C@H](NC(=O)C(C)N)c2ccccc2)C1. The monoisotopic (exact) mass is 373 g/mol. The highest BCUT2D eigenvalue weighted by Crippen LogP contribution is 2.38. The van der Waals surface area contributed by atoms with Crippen LogP contribution < -0.4 is 16.4 Å². The molecule has 2 amide bonds. The predicted octanol–water partition coefficient (Wildman–Crippen LogP) is 3.02. The Hall–Kier alpha value is -1.88. The lowest BCUT2D eigenvalue weighted by molar-refractivity contribution is -0.130. The zero-order valence-corrected chi connectivity index (χ0v) is 17.1. The van der Waals surface area contributed by atoms with Crippen molar-refractivity contribution in [2.45, 2.75) is 59.0 Å². The molecule has 2 rings (SSSR count). The van der Waals surface area contributed by atoms with Crippen LogP contribution in [-0.2, 0) is 9.59 Å². The van der Waals surface area contributed by atoms with Gasteiger partial charge in [-0.2, -0.15) is 0 Å². The van der Waals surface area contributed by atoms with E-state index in [4.69, 9.17) is 5.73 Å². The van der Waals surface area contributed by atoms with Crippen molar-refractivity contribution in [3.05, 3.63) is 35.9 Å². The Bertz CT molecular complexity index is 615. The van der Waals surface area contributed by atoms with E-state index in [1.807, 2.05) is 30.3 Å². The van der Waals surface area contributed by atoms with Gasteiger partial charge in [0.2, 0.25) is 11.8 Å². The first-order valence-corrected chi connectivity index (χ1v) is 10.2. The fourth-order valence-corrected chi connectivity index (χ4v) is 4.08. The van der Waals surface area contributed by atoms with Crippen LogP contribution in [0.2, 0.25) is 0 Å². The highest BCUT2D eigenvalue weighted by molar-refractivity contribution is 5.82. The minimum absolute atomic E-state index is 0.0503. The number of hydrogen-bond donors (Lipinski definition) is 3. The van der Waals surface area contributed by atoms with Gasteiger partial charge >= 0.3 is 0 Å². The van der Waals surface area contributed by atoms with Gasteiger partial charge in [0, 0.05) is 12.5 Å². The van der Waals surface area contributed by atoms with Crippen LogP contribution in [0.25, 0.3) is 0 Å². The lowest BCUT2D eigenvalue weighted by Crippen LogP contribution is -2.46. The maximum Gasteiger partial charge on any atom is 0.237 e. The first-order chi connectivity index (χ1) is 12.8. The Morgan fingerprint density at radius 3 is 2.41 bits per heavy atom. The average Bonchev–Trinajstić information content (AvgIpc) is 2.64. The number of carbonyl (C=O) groups is 2. The van der Waals surface area contributed by atoms with Gasteiger partial charge in [-0.05, 0) is 43.1 Å². The van der Waals surface area contributed by atoms with Gasteiger partial charge in [-0.3, -0.25) is 9.59 Å². The number of nitrogens with one attached hydrogen (secondary N) is 2. The summed E-state index contributed by atoms with van der Waals surface area (Å²) in [7, 11) is 0. The zero-order chi connectivity index (χ0) is 20.0. The van der Waals surface area contributed by atoms with Crippen molar-refractivity contribution >= 4 is 11.8 Å². The molecule has 5 heteroatoms. The summed E-state index contributed by atoms with van der Waals surface area (Å²) in [4.78, 5) is 25.1. The molecule has 5 atom stereocenters. The first kappa shape index (κ1) is 21.4. The maximum atomic E-state index is 13.0. The van der Waals surface area contributed by atoms with E-state index >= 15 is 0 Å². The Labute approximate surface area is 163 Å². The highest BCUT2D eigenvalue weighted by Gasteiger charge is 2.35.